The summed E-state index contributed by atoms with van der Waals surface area (Å²) in [5.74, 6) is -0.192. The van der Waals surface area contributed by atoms with Crippen molar-refractivity contribution in [3.63, 3.8) is 0 Å². The fraction of sp³-hybridized carbons (Fsp3) is 0.200. The average Bonchev–Trinajstić information content (AvgIpc) is 2.85. The van der Waals surface area contributed by atoms with Gasteiger partial charge in [-0.25, -0.2) is 0 Å². The van der Waals surface area contributed by atoms with Crippen molar-refractivity contribution in [2.45, 2.75) is 12.5 Å². The van der Waals surface area contributed by atoms with Crippen LogP contribution in [0.2, 0.25) is 0 Å². The molecule has 1 heterocycles. The van der Waals surface area contributed by atoms with E-state index in [0.717, 1.165) is 21.1 Å². The number of anilines is 1. The predicted molar refractivity (Wildman–Crippen MR) is 83.3 cm³/mol. The van der Waals surface area contributed by atoms with E-state index in [1.54, 1.807) is 6.20 Å². The Kier molecular flexibility index (Phi) is 3.54. The zero-order valence-electron chi connectivity index (χ0n) is 10.7. The number of benzene rings is 1. The molecule has 0 saturated carbocycles. The van der Waals surface area contributed by atoms with Crippen molar-refractivity contribution in [2.24, 2.45) is 11.7 Å². The predicted octanol–water partition coefficient (Wildman–Crippen LogP) is 2.84. The lowest BCUT2D eigenvalue weighted by Crippen LogP contribution is -2.24. The number of para-hydroxylation sites is 1. The highest BCUT2D eigenvalue weighted by Crippen LogP contribution is 2.25. The van der Waals surface area contributed by atoms with Gasteiger partial charge in [-0.05, 0) is 34.5 Å². The van der Waals surface area contributed by atoms with Gasteiger partial charge < -0.3 is 11.1 Å². The number of amides is 1. The zero-order chi connectivity index (χ0) is 14.1. The Labute approximate surface area is 125 Å². The molecule has 1 amide bonds. The Balaban J connectivity index is 1.87. The molecule has 1 aromatic carbocycles. The van der Waals surface area contributed by atoms with Gasteiger partial charge in [-0.1, -0.05) is 24.3 Å². The van der Waals surface area contributed by atoms with Crippen LogP contribution >= 0.6 is 15.9 Å². The maximum Gasteiger partial charge on any atom is 0.231 e. The second-order valence-electron chi connectivity index (χ2n) is 4.91. The third-order valence-electron chi connectivity index (χ3n) is 3.39. The summed E-state index contributed by atoms with van der Waals surface area (Å²) in [6, 6.07) is 7.69. The number of aromatic nitrogens is 1. The van der Waals surface area contributed by atoms with Crippen LogP contribution in [0.15, 0.2) is 47.1 Å². The van der Waals surface area contributed by atoms with E-state index in [1.165, 1.54) is 0 Å². The second kappa shape index (κ2) is 5.34. The molecule has 20 heavy (non-hydrogen) atoms. The number of rotatable bonds is 2. The number of pyridine rings is 1. The number of nitrogens with two attached hydrogens (primary N) is 1. The minimum Gasteiger partial charge on any atom is -0.324 e. The Hall–Kier alpha value is -1.72. The lowest BCUT2D eigenvalue weighted by molar-refractivity contribution is -0.118. The molecule has 4 nitrogen and oxygen atoms in total. The Morgan fingerprint density at radius 2 is 2.25 bits per heavy atom. The lowest BCUT2D eigenvalue weighted by Gasteiger charge is -2.12. The molecular formula is C15H14BrN3O. The summed E-state index contributed by atoms with van der Waals surface area (Å²) in [6.45, 7) is 0. The molecule has 2 unspecified atom stereocenters. The van der Waals surface area contributed by atoms with E-state index in [9.17, 15) is 4.79 Å². The number of hydrogen-bond acceptors (Lipinski definition) is 3. The van der Waals surface area contributed by atoms with Gasteiger partial charge in [-0.15, -0.1) is 0 Å². The van der Waals surface area contributed by atoms with Crippen molar-refractivity contribution in [1.29, 1.82) is 0 Å². The normalized spacial score (nSPS) is 21.3. The van der Waals surface area contributed by atoms with Crippen molar-refractivity contribution in [3.8, 4) is 0 Å². The first-order valence-electron chi connectivity index (χ1n) is 6.42. The van der Waals surface area contributed by atoms with Crippen LogP contribution in [-0.4, -0.2) is 16.9 Å². The number of carbonyl (C=O) groups excluding carboxylic acids is 1. The van der Waals surface area contributed by atoms with Crippen molar-refractivity contribution in [1.82, 2.24) is 4.98 Å². The zero-order valence-corrected chi connectivity index (χ0v) is 12.3. The number of halogens is 1. The lowest BCUT2D eigenvalue weighted by atomic mass is 10.1. The van der Waals surface area contributed by atoms with Gasteiger partial charge in [0.1, 0.15) is 0 Å². The molecule has 2 atom stereocenters. The number of nitrogens with one attached hydrogen (secondary N) is 1. The van der Waals surface area contributed by atoms with E-state index in [1.807, 2.05) is 36.4 Å². The topological polar surface area (TPSA) is 68.0 Å². The highest BCUT2D eigenvalue weighted by Gasteiger charge is 2.23. The van der Waals surface area contributed by atoms with Crippen molar-refractivity contribution >= 4 is 38.4 Å². The van der Waals surface area contributed by atoms with Crippen LogP contribution in [0.4, 0.5) is 5.69 Å². The molecule has 0 spiro atoms. The fourth-order valence-electron chi connectivity index (χ4n) is 2.38. The van der Waals surface area contributed by atoms with E-state index in [2.05, 4.69) is 26.2 Å². The molecule has 102 valence electrons. The maximum atomic E-state index is 12.2. The SMILES string of the molecule is NC1C=CC(C(=O)Nc2cccc3cc(Br)cnc23)C1. The van der Waals surface area contributed by atoms with Crippen molar-refractivity contribution < 1.29 is 4.79 Å². The summed E-state index contributed by atoms with van der Waals surface area (Å²) < 4.78 is 0.915. The molecule has 5 heteroatoms. The minimum atomic E-state index is -0.157. The van der Waals surface area contributed by atoms with E-state index in [4.69, 9.17) is 5.73 Å². The summed E-state index contributed by atoms with van der Waals surface area (Å²) in [7, 11) is 0. The molecule has 1 aromatic heterocycles. The van der Waals surface area contributed by atoms with Gasteiger partial charge >= 0.3 is 0 Å². The van der Waals surface area contributed by atoms with Gasteiger partial charge in [0.05, 0.1) is 17.1 Å². The summed E-state index contributed by atoms with van der Waals surface area (Å²) in [4.78, 5) is 16.6. The van der Waals surface area contributed by atoms with Gasteiger partial charge in [-0.3, -0.25) is 9.78 Å². The highest BCUT2D eigenvalue weighted by atomic mass is 79.9. The quantitative estimate of drug-likeness (QED) is 0.831. The van der Waals surface area contributed by atoms with Gasteiger partial charge in [-0.2, -0.15) is 0 Å². The molecular weight excluding hydrogens is 318 g/mol. The van der Waals surface area contributed by atoms with E-state index < -0.39 is 0 Å². The van der Waals surface area contributed by atoms with Crippen molar-refractivity contribution in [2.75, 3.05) is 5.32 Å². The Morgan fingerprint density at radius 3 is 3.00 bits per heavy atom. The molecule has 2 aromatic rings. The van der Waals surface area contributed by atoms with E-state index in [0.29, 0.717) is 6.42 Å². The first-order chi connectivity index (χ1) is 9.63. The first-order valence-corrected chi connectivity index (χ1v) is 7.22. The van der Waals surface area contributed by atoms with Gasteiger partial charge in [0.15, 0.2) is 0 Å². The summed E-state index contributed by atoms with van der Waals surface area (Å²) in [5.41, 5.74) is 7.30. The molecule has 0 aliphatic heterocycles. The summed E-state index contributed by atoms with van der Waals surface area (Å²) in [5, 5.41) is 3.93. The molecule has 0 bridgehead atoms. The monoisotopic (exact) mass is 331 g/mol. The largest absolute Gasteiger partial charge is 0.324 e. The van der Waals surface area contributed by atoms with Crippen LogP contribution < -0.4 is 11.1 Å². The Bertz CT molecular complexity index is 699. The van der Waals surface area contributed by atoms with Crippen molar-refractivity contribution in [3.05, 3.63) is 47.1 Å². The van der Waals surface area contributed by atoms with Crippen LogP contribution in [0.1, 0.15) is 6.42 Å². The van der Waals surface area contributed by atoms with Gasteiger partial charge in [0, 0.05) is 22.1 Å². The third kappa shape index (κ3) is 2.59. The summed E-state index contributed by atoms with van der Waals surface area (Å²) >= 11 is 3.40. The number of nitrogens with zero attached hydrogens (tertiary/aromatic N) is 1. The van der Waals surface area contributed by atoms with Crippen LogP contribution in [0.5, 0.6) is 0 Å². The molecule has 3 N–H and O–H groups in total. The minimum absolute atomic E-state index is 0.0210. The van der Waals surface area contributed by atoms with Gasteiger partial charge in [0.2, 0.25) is 5.91 Å². The molecule has 1 aliphatic rings. The number of hydrogen-bond donors (Lipinski definition) is 2. The first kappa shape index (κ1) is 13.3. The molecule has 0 radical (unpaired) electrons. The molecule has 3 rings (SSSR count). The third-order valence-corrected chi connectivity index (χ3v) is 3.82. The van der Waals surface area contributed by atoms with Gasteiger partial charge in [0.25, 0.3) is 0 Å². The summed E-state index contributed by atoms with van der Waals surface area (Å²) in [6.07, 6.45) is 6.14. The smallest absolute Gasteiger partial charge is 0.231 e. The maximum absolute atomic E-state index is 12.2. The van der Waals surface area contributed by atoms with Crippen LogP contribution in [0.3, 0.4) is 0 Å². The Morgan fingerprint density at radius 1 is 1.40 bits per heavy atom. The van der Waals surface area contributed by atoms with Crippen LogP contribution in [-0.2, 0) is 4.79 Å². The van der Waals surface area contributed by atoms with Crippen LogP contribution in [0, 0.1) is 5.92 Å². The fourth-order valence-corrected chi connectivity index (χ4v) is 2.73. The van der Waals surface area contributed by atoms with E-state index >= 15 is 0 Å². The second-order valence-corrected chi connectivity index (χ2v) is 5.83. The van der Waals surface area contributed by atoms with E-state index in [-0.39, 0.29) is 17.9 Å². The highest BCUT2D eigenvalue weighted by molar-refractivity contribution is 9.10. The molecule has 0 saturated heterocycles. The molecule has 0 fully saturated rings. The number of carbonyl (C=O) groups is 1. The molecule has 1 aliphatic carbocycles. The number of fused-ring (bicyclic) bond motifs is 1. The standard InChI is InChI=1S/C15H14BrN3O/c16-11-6-9-2-1-3-13(14(9)18-8-11)19-15(20)10-4-5-12(17)7-10/h1-6,8,10,12H,7,17H2,(H,19,20). The van der Waals surface area contributed by atoms with Crippen LogP contribution in [0.25, 0.3) is 10.9 Å². The average molecular weight is 332 g/mol.